The van der Waals surface area contributed by atoms with Gasteiger partial charge in [-0.3, -0.25) is 4.79 Å². The summed E-state index contributed by atoms with van der Waals surface area (Å²) in [5, 5.41) is 4.06. The second-order valence-corrected chi connectivity index (χ2v) is 12.3. The minimum Gasteiger partial charge on any atom is -0.491 e. The topological polar surface area (TPSA) is 112 Å². The first-order valence-electron chi connectivity index (χ1n) is 13.6. The Morgan fingerprint density at radius 1 is 1.00 bits per heavy atom. The van der Waals surface area contributed by atoms with Crippen molar-refractivity contribution in [2.45, 2.75) is 31.6 Å². The lowest BCUT2D eigenvalue weighted by Gasteiger charge is -2.22. The molecule has 1 aliphatic rings. The van der Waals surface area contributed by atoms with E-state index in [4.69, 9.17) is 14.2 Å². The fraction of sp³-hybridized carbons (Fsp3) is 0.367. The van der Waals surface area contributed by atoms with Crippen LogP contribution in [0.25, 0.3) is 22.0 Å². The van der Waals surface area contributed by atoms with Gasteiger partial charge in [0.15, 0.2) is 9.84 Å². The Labute approximate surface area is 234 Å². The van der Waals surface area contributed by atoms with E-state index in [0.717, 1.165) is 36.9 Å². The molecule has 2 aromatic heterocycles. The van der Waals surface area contributed by atoms with Gasteiger partial charge in [0, 0.05) is 47.8 Å². The van der Waals surface area contributed by atoms with E-state index in [-0.39, 0.29) is 23.2 Å². The highest BCUT2D eigenvalue weighted by molar-refractivity contribution is 7.90. The Hall–Kier alpha value is -3.60. The van der Waals surface area contributed by atoms with Crippen molar-refractivity contribution in [1.82, 2.24) is 14.9 Å². The standard InChI is InChI=1S/C30H35N3O6S/c1-3-40(35,36)20-21-7-8-28(26(17-21)27-19-33(2)30(34)29-25(27)11-14-32-29)39-24-6-4-5-23(18-24)38-16-15-37-22-9-12-31-13-10-22/h4-8,11,14,17-19,22,31-32H,3,9-10,12-13,15-16,20H2,1-2H3. The summed E-state index contributed by atoms with van der Waals surface area (Å²) in [6, 6.07) is 14.6. The highest BCUT2D eigenvalue weighted by atomic mass is 32.2. The second-order valence-electron chi connectivity index (χ2n) is 9.98. The summed E-state index contributed by atoms with van der Waals surface area (Å²) >= 11 is 0. The first kappa shape index (κ1) is 27.9. The zero-order valence-electron chi connectivity index (χ0n) is 22.8. The van der Waals surface area contributed by atoms with Crippen molar-refractivity contribution in [1.29, 1.82) is 0 Å². The molecule has 40 heavy (non-hydrogen) atoms. The maximum absolute atomic E-state index is 12.7. The van der Waals surface area contributed by atoms with E-state index in [9.17, 15) is 13.2 Å². The van der Waals surface area contributed by atoms with Crippen LogP contribution in [0.3, 0.4) is 0 Å². The molecule has 0 saturated carbocycles. The molecule has 1 saturated heterocycles. The van der Waals surface area contributed by atoms with Crippen LogP contribution >= 0.6 is 0 Å². The predicted molar refractivity (Wildman–Crippen MR) is 156 cm³/mol. The first-order valence-corrected chi connectivity index (χ1v) is 15.4. The molecule has 4 aromatic rings. The Balaban J connectivity index is 1.41. The lowest BCUT2D eigenvalue weighted by Crippen LogP contribution is -2.33. The predicted octanol–water partition coefficient (Wildman–Crippen LogP) is 4.41. The van der Waals surface area contributed by atoms with Crippen LogP contribution < -0.4 is 20.3 Å². The molecule has 3 heterocycles. The van der Waals surface area contributed by atoms with Gasteiger partial charge in [0.25, 0.3) is 5.56 Å². The van der Waals surface area contributed by atoms with Crippen LogP contribution in [0.2, 0.25) is 0 Å². The van der Waals surface area contributed by atoms with E-state index in [2.05, 4.69) is 10.3 Å². The lowest BCUT2D eigenvalue weighted by molar-refractivity contribution is 0.0168. The zero-order chi connectivity index (χ0) is 28.1. The smallest absolute Gasteiger partial charge is 0.274 e. The van der Waals surface area contributed by atoms with E-state index < -0.39 is 9.84 Å². The molecule has 0 spiro atoms. The molecule has 2 aromatic carbocycles. The molecule has 0 aliphatic carbocycles. The summed E-state index contributed by atoms with van der Waals surface area (Å²) in [6.07, 6.45) is 5.77. The lowest BCUT2D eigenvalue weighted by atomic mass is 10.0. The number of rotatable bonds is 11. The largest absolute Gasteiger partial charge is 0.491 e. The molecule has 9 nitrogen and oxygen atoms in total. The van der Waals surface area contributed by atoms with Gasteiger partial charge in [-0.25, -0.2) is 8.42 Å². The molecule has 0 radical (unpaired) electrons. The van der Waals surface area contributed by atoms with Crippen molar-refractivity contribution in [3.05, 3.63) is 76.8 Å². The number of aryl methyl sites for hydroxylation is 1. The van der Waals surface area contributed by atoms with E-state index in [1.807, 2.05) is 36.4 Å². The number of pyridine rings is 1. The number of fused-ring (bicyclic) bond motifs is 1. The average Bonchev–Trinajstić information content (AvgIpc) is 3.45. The summed E-state index contributed by atoms with van der Waals surface area (Å²) in [7, 11) is -1.56. The maximum atomic E-state index is 12.7. The summed E-state index contributed by atoms with van der Waals surface area (Å²) in [5.74, 6) is 1.74. The molecule has 10 heteroatoms. The highest BCUT2D eigenvalue weighted by Crippen LogP contribution is 2.38. The van der Waals surface area contributed by atoms with E-state index in [1.165, 1.54) is 4.57 Å². The molecule has 0 amide bonds. The summed E-state index contributed by atoms with van der Waals surface area (Å²) in [6.45, 7) is 4.55. The Bertz CT molecular complexity index is 1640. The average molecular weight is 566 g/mol. The Morgan fingerprint density at radius 3 is 2.60 bits per heavy atom. The number of hydrogen-bond acceptors (Lipinski definition) is 7. The van der Waals surface area contributed by atoms with Crippen LogP contribution in [-0.2, 0) is 27.4 Å². The molecular weight excluding hydrogens is 530 g/mol. The van der Waals surface area contributed by atoms with Crippen LogP contribution in [0.5, 0.6) is 17.2 Å². The van der Waals surface area contributed by atoms with Gasteiger partial charge in [-0.2, -0.15) is 0 Å². The Morgan fingerprint density at radius 2 is 1.80 bits per heavy atom. The number of ether oxygens (including phenoxy) is 3. The number of nitrogens with zero attached hydrogens (tertiary/aromatic N) is 1. The van der Waals surface area contributed by atoms with E-state index >= 15 is 0 Å². The summed E-state index contributed by atoms with van der Waals surface area (Å²) in [4.78, 5) is 15.7. The van der Waals surface area contributed by atoms with Gasteiger partial charge in [-0.1, -0.05) is 19.1 Å². The molecule has 5 rings (SSSR count). The number of aromatic nitrogens is 2. The molecular formula is C30H35N3O6S. The number of benzene rings is 2. The maximum Gasteiger partial charge on any atom is 0.274 e. The first-order chi connectivity index (χ1) is 19.3. The second kappa shape index (κ2) is 12.3. The van der Waals surface area contributed by atoms with Crippen LogP contribution in [-0.4, -0.2) is 56.1 Å². The quantitative estimate of drug-likeness (QED) is 0.259. The highest BCUT2D eigenvalue weighted by Gasteiger charge is 2.18. The van der Waals surface area contributed by atoms with Gasteiger partial charge < -0.3 is 29.1 Å². The van der Waals surface area contributed by atoms with E-state index in [0.29, 0.717) is 47.1 Å². The number of aromatic amines is 1. The number of piperidine rings is 1. The molecule has 212 valence electrons. The van der Waals surface area contributed by atoms with Crippen molar-refractivity contribution >= 4 is 20.7 Å². The van der Waals surface area contributed by atoms with Gasteiger partial charge in [-0.05, 0) is 61.8 Å². The normalized spacial score (nSPS) is 14.4. The van der Waals surface area contributed by atoms with E-state index in [1.54, 1.807) is 38.5 Å². The van der Waals surface area contributed by atoms with Gasteiger partial charge in [0.05, 0.1) is 18.5 Å². The summed E-state index contributed by atoms with van der Waals surface area (Å²) < 4.78 is 44.5. The fourth-order valence-electron chi connectivity index (χ4n) is 4.90. The van der Waals surface area contributed by atoms with Gasteiger partial charge in [-0.15, -0.1) is 0 Å². The Kier molecular flexibility index (Phi) is 8.58. The molecule has 1 aliphatic heterocycles. The zero-order valence-corrected chi connectivity index (χ0v) is 23.6. The summed E-state index contributed by atoms with van der Waals surface area (Å²) in [5.41, 5.74) is 2.41. The third-order valence-corrected chi connectivity index (χ3v) is 8.73. The van der Waals surface area contributed by atoms with Gasteiger partial charge in [0.1, 0.15) is 29.4 Å². The number of nitrogens with one attached hydrogen (secondary N) is 2. The van der Waals surface area contributed by atoms with Crippen molar-refractivity contribution < 1.29 is 22.6 Å². The van der Waals surface area contributed by atoms with Gasteiger partial charge in [0.2, 0.25) is 0 Å². The van der Waals surface area contributed by atoms with Crippen molar-refractivity contribution in [2.75, 3.05) is 32.1 Å². The number of H-pyrrole nitrogens is 1. The van der Waals surface area contributed by atoms with Crippen molar-refractivity contribution in [3.8, 4) is 28.4 Å². The van der Waals surface area contributed by atoms with Crippen molar-refractivity contribution in [2.24, 2.45) is 7.05 Å². The molecule has 0 bridgehead atoms. The van der Waals surface area contributed by atoms with Crippen LogP contribution in [0.4, 0.5) is 0 Å². The third kappa shape index (κ3) is 6.57. The monoisotopic (exact) mass is 565 g/mol. The SMILES string of the molecule is CCS(=O)(=O)Cc1ccc(Oc2cccc(OCCOC3CCNCC3)c2)c(-c2cn(C)c(=O)c3[nH]ccc23)c1. The van der Waals surface area contributed by atoms with Crippen LogP contribution in [0, 0.1) is 0 Å². The van der Waals surface area contributed by atoms with Crippen molar-refractivity contribution in [3.63, 3.8) is 0 Å². The number of sulfone groups is 1. The minimum atomic E-state index is -3.25. The molecule has 0 atom stereocenters. The fourth-order valence-corrected chi connectivity index (χ4v) is 5.79. The van der Waals surface area contributed by atoms with Gasteiger partial charge >= 0.3 is 0 Å². The third-order valence-electron chi connectivity index (χ3n) is 7.08. The van der Waals surface area contributed by atoms with Crippen LogP contribution in [0.1, 0.15) is 25.3 Å². The molecule has 2 N–H and O–H groups in total. The number of hydrogen-bond donors (Lipinski definition) is 2. The molecule has 1 fully saturated rings. The van der Waals surface area contributed by atoms with Crippen LogP contribution in [0.15, 0.2) is 65.7 Å². The minimum absolute atomic E-state index is 0.0537. The molecule has 0 unspecified atom stereocenters.